The number of rotatable bonds is 5. The summed E-state index contributed by atoms with van der Waals surface area (Å²) in [6.07, 6.45) is -4.02. The lowest BCUT2D eigenvalue weighted by atomic mass is 10.1. The highest BCUT2D eigenvalue weighted by molar-refractivity contribution is 7.46. The lowest BCUT2D eigenvalue weighted by Gasteiger charge is -2.29. The largest absolute Gasteiger partial charge is 0.469 e. The van der Waals surface area contributed by atoms with Gasteiger partial charge >= 0.3 is 7.82 Å². The number of methoxy groups -OCH3 is 1. The third-order valence-electron chi connectivity index (χ3n) is 4.21. The summed E-state index contributed by atoms with van der Waals surface area (Å²) in [7, 11) is -1.69. The normalized spacial score (nSPS) is 28.7. The number of ether oxygens (including phenoxy) is 2. The molecule has 3 heterocycles. The van der Waals surface area contributed by atoms with Gasteiger partial charge in [-0.2, -0.15) is 4.98 Å². The third kappa shape index (κ3) is 3.42. The summed E-state index contributed by atoms with van der Waals surface area (Å²) in [6, 6.07) is 0. The number of nitrogen functional groups attached to an aromatic ring is 1. The van der Waals surface area contributed by atoms with E-state index in [0.717, 1.165) is 0 Å². The van der Waals surface area contributed by atoms with Crippen molar-refractivity contribution in [1.29, 1.82) is 0 Å². The SMILES string of the molecule is CO[C@@H]1[C@H](O)[C@@H](COP(=O)(O)O)O[C@H]1N1CN(C)c2c1nc(N)[nH]c2=O. The zero-order valence-corrected chi connectivity index (χ0v) is 14.9. The minimum Gasteiger partial charge on any atom is -0.387 e. The van der Waals surface area contributed by atoms with Crippen molar-refractivity contribution in [2.24, 2.45) is 0 Å². The van der Waals surface area contributed by atoms with Crippen LogP contribution in [0.25, 0.3) is 0 Å². The van der Waals surface area contributed by atoms with E-state index in [1.54, 1.807) is 16.8 Å². The number of hydrogen-bond donors (Lipinski definition) is 5. The van der Waals surface area contributed by atoms with Gasteiger partial charge in [-0.05, 0) is 0 Å². The van der Waals surface area contributed by atoms with Crippen LogP contribution < -0.4 is 21.1 Å². The molecule has 0 spiro atoms. The summed E-state index contributed by atoms with van der Waals surface area (Å²) in [5.74, 6) is 0.174. The Labute approximate surface area is 147 Å². The maximum absolute atomic E-state index is 12.1. The molecule has 0 bridgehead atoms. The first-order chi connectivity index (χ1) is 12.1. The number of aliphatic hydroxyl groups is 1. The Morgan fingerprint density at radius 2 is 2.19 bits per heavy atom. The Kier molecular flexibility index (Phi) is 4.96. The number of phosphoric ester groups is 1. The van der Waals surface area contributed by atoms with Gasteiger partial charge in [-0.15, -0.1) is 0 Å². The summed E-state index contributed by atoms with van der Waals surface area (Å²) in [5, 5.41) is 10.4. The molecule has 3 rings (SSSR count). The molecule has 13 nitrogen and oxygen atoms in total. The second kappa shape index (κ2) is 6.78. The van der Waals surface area contributed by atoms with E-state index < -0.39 is 44.5 Å². The number of fused-ring (bicyclic) bond motifs is 1. The molecular weight excluding hydrogens is 373 g/mol. The first-order valence-electron chi connectivity index (χ1n) is 7.56. The van der Waals surface area contributed by atoms with Gasteiger partial charge in [0.2, 0.25) is 5.95 Å². The predicted molar refractivity (Wildman–Crippen MR) is 88.5 cm³/mol. The topological polar surface area (TPSA) is 184 Å². The maximum Gasteiger partial charge on any atom is 0.469 e. The Morgan fingerprint density at radius 3 is 2.81 bits per heavy atom. The van der Waals surface area contributed by atoms with E-state index in [9.17, 15) is 14.5 Å². The Hall–Kier alpha value is -1.73. The molecule has 6 N–H and O–H groups in total. The van der Waals surface area contributed by atoms with Crippen molar-refractivity contribution in [1.82, 2.24) is 9.97 Å². The summed E-state index contributed by atoms with van der Waals surface area (Å²) in [5.41, 5.74) is 5.47. The quantitative estimate of drug-likeness (QED) is 0.340. The van der Waals surface area contributed by atoms with E-state index in [1.807, 2.05) is 0 Å². The molecule has 4 atom stereocenters. The van der Waals surface area contributed by atoms with Gasteiger partial charge < -0.3 is 39.9 Å². The van der Waals surface area contributed by atoms with Crippen molar-refractivity contribution in [2.75, 3.05) is 43.0 Å². The van der Waals surface area contributed by atoms with E-state index >= 15 is 0 Å². The average molecular weight is 393 g/mol. The number of nitrogens with two attached hydrogens (primary N) is 1. The van der Waals surface area contributed by atoms with Gasteiger partial charge in [0.1, 0.15) is 24.0 Å². The maximum atomic E-state index is 12.1. The summed E-state index contributed by atoms with van der Waals surface area (Å²) in [4.78, 5) is 39.5. The highest BCUT2D eigenvalue weighted by Gasteiger charge is 2.50. The molecule has 1 saturated heterocycles. The van der Waals surface area contributed by atoms with Gasteiger partial charge in [-0.25, -0.2) is 4.57 Å². The van der Waals surface area contributed by atoms with Crippen molar-refractivity contribution in [3.8, 4) is 0 Å². The molecule has 26 heavy (non-hydrogen) atoms. The lowest BCUT2D eigenvalue weighted by Crippen LogP contribution is -2.46. The molecule has 0 radical (unpaired) electrons. The molecular formula is C12H20N5O8P. The van der Waals surface area contributed by atoms with Crippen molar-refractivity contribution in [3.05, 3.63) is 10.4 Å². The van der Waals surface area contributed by atoms with Crippen LogP contribution >= 0.6 is 7.82 Å². The van der Waals surface area contributed by atoms with Crippen LogP contribution in [-0.2, 0) is 18.6 Å². The van der Waals surface area contributed by atoms with Crippen LogP contribution in [0.5, 0.6) is 0 Å². The molecule has 1 aromatic heterocycles. The number of nitrogens with one attached hydrogen (secondary N) is 1. The molecule has 14 heteroatoms. The average Bonchev–Trinajstić information content (AvgIpc) is 3.01. The van der Waals surface area contributed by atoms with E-state index in [1.165, 1.54) is 7.11 Å². The monoisotopic (exact) mass is 393 g/mol. The smallest absolute Gasteiger partial charge is 0.387 e. The van der Waals surface area contributed by atoms with Gasteiger partial charge in [-0.3, -0.25) is 14.3 Å². The number of phosphoric acid groups is 1. The fourth-order valence-electron chi connectivity index (χ4n) is 3.12. The molecule has 0 unspecified atom stereocenters. The van der Waals surface area contributed by atoms with Crippen LogP contribution in [0, 0.1) is 0 Å². The first kappa shape index (κ1) is 19.0. The molecule has 0 aliphatic carbocycles. The highest BCUT2D eigenvalue weighted by atomic mass is 31.2. The lowest BCUT2D eigenvalue weighted by molar-refractivity contribution is -0.0222. The van der Waals surface area contributed by atoms with Crippen LogP contribution in [0.15, 0.2) is 4.79 Å². The predicted octanol–water partition coefficient (Wildman–Crippen LogP) is -2.22. The van der Waals surface area contributed by atoms with Crippen LogP contribution in [0.3, 0.4) is 0 Å². The van der Waals surface area contributed by atoms with Gasteiger partial charge in [-0.1, -0.05) is 0 Å². The fourth-order valence-corrected chi connectivity index (χ4v) is 3.46. The molecule has 1 fully saturated rings. The van der Waals surface area contributed by atoms with E-state index in [-0.39, 0.29) is 24.1 Å². The highest BCUT2D eigenvalue weighted by Crippen LogP contribution is 2.39. The Bertz CT molecular complexity index is 783. The van der Waals surface area contributed by atoms with Crippen molar-refractivity contribution in [3.63, 3.8) is 0 Å². The molecule has 2 aliphatic rings. The minimum atomic E-state index is -4.72. The molecule has 0 amide bonds. The standard InChI is InChI=1S/C12H20N5O8P/c1-16-4-17(9-6(16)10(19)15-12(13)14-9)11-8(23-2)7(18)5(25-11)3-24-26(20,21)22/h5,7-8,11,18H,3-4H2,1-2H3,(H2,20,21,22)(H3,13,14,15,19)/t5-,7-,8-,11-/m1/s1. The van der Waals surface area contributed by atoms with Crippen LogP contribution in [0.4, 0.5) is 17.5 Å². The van der Waals surface area contributed by atoms with Crippen molar-refractivity contribution >= 4 is 25.3 Å². The summed E-state index contributed by atoms with van der Waals surface area (Å²) < 4.78 is 26.3. The summed E-state index contributed by atoms with van der Waals surface area (Å²) in [6.45, 7) is -0.332. The van der Waals surface area contributed by atoms with Crippen LogP contribution in [-0.4, -0.2) is 76.8 Å². The minimum absolute atomic E-state index is 0.0806. The molecule has 2 aliphatic heterocycles. The number of aromatic nitrogens is 2. The zero-order valence-electron chi connectivity index (χ0n) is 14.0. The third-order valence-corrected chi connectivity index (χ3v) is 4.70. The second-order valence-electron chi connectivity index (χ2n) is 5.97. The van der Waals surface area contributed by atoms with Crippen molar-refractivity contribution in [2.45, 2.75) is 24.5 Å². The first-order valence-corrected chi connectivity index (χ1v) is 9.09. The Morgan fingerprint density at radius 1 is 1.50 bits per heavy atom. The van der Waals surface area contributed by atoms with E-state index in [0.29, 0.717) is 0 Å². The van der Waals surface area contributed by atoms with Gasteiger partial charge in [0, 0.05) is 14.2 Å². The molecule has 0 saturated carbocycles. The number of anilines is 3. The number of nitrogens with zero attached hydrogens (tertiary/aromatic N) is 3. The summed E-state index contributed by atoms with van der Waals surface area (Å²) >= 11 is 0. The van der Waals surface area contributed by atoms with Gasteiger partial charge in [0.15, 0.2) is 12.0 Å². The number of aromatic amines is 1. The zero-order chi connectivity index (χ0) is 19.2. The Balaban J connectivity index is 1.88. The van der Waals surface area contributed by atoms with Gasteiger partial charge in [0.25, 0.3) is 5.56 Å². The second-order valence-corrected chi connectivity index (χ2v) is 7.21. The van der Waals surface area contributed by atoms with Crippen molar-refractivity contribution < 1.29 is 33.5 Å². The van der Waals surface area contributed by atoms with Crippen LogP contribution in [0.2, 0.25) is 0 Å². The molecule has 1 aromatic rings. The molecule has 0 aromatic carbocycles. The van der Waals surface area contributed by atoms with E-state index in [2.05, 4.69) is 14.5 Å². The number of aliphatic hydroxyl groups excluding tert-OH is 1. The molecule has 146 valence electrons. The van der Waals surface area contributed by atoms with Crippen LogP contribution in [0.1, 0.15) is 0 Å². The fraction of sp³-hybridized carbons (Fsp3) is 0.667. The number of H-pyrrole nitrogens is 1. The number of hydrogen-bond acceptors (Lipinski definition) is 10. The van der Waals surface area contributed by atoms with Gasteiger partial charge in [0.05, 0.1) is 13.3 Å². The van der Waals surface area contributed by atoms with E-state index in [4.69, 9.17) is 25.0 Å².